The minimum Gasteiger partial charge on any atom is -0.354 e. The van der Waals surface area contributed by atoms with E-state index in [9.17, 15) is 0 Å². The molecule has 0 bridgehead atoms. The molecule has 3 heterocycles. The average Bonchev–Trinajstić information content (AvgIpc) is 2.87. The number of nitrogens with one attached hydrogen (secondary N) is 1. The Bertz CT molecular complexity index is 437. The summed E-state index contributed by atoms with van der Waals surface area (Å²) in [6.45, 7) is 10.3. The van der Waals surface area contributed by atoms with Gasteiger partial charge in [-0.2, -0.15) is 0 Å². The number of pyridine rings is 1. The Labute approximate surface area is 138 Å². The van der Waals surface area contributed by atoms with Gasteiger partial charge >= 0.3 is 0 Å². The summed E-state index contributed by atoms with van der Waals surface area (Å²) < 4.78 is 0. The molecule has 21 heavy (non-hydrogen) atoms. The number of hydrogen-bond donors (Lipinski definition) is 1. The van der Waals surface area contributed by atoms with E-state index in [1.165, 1.54) is 19.5 Å². The van der Waals surface area contributed by atoms with Crippen molar-refractivity contribution in [1.82, 2.24) is 15.2 Å². The minimum atomic E-state index is 0. The molecule has 0 saturated carbocycles. The molecule has 118 valence electrons. The standard InChI is InChI=1S/C15H23ClN4.ClH/c1-15(4-5-17-11-15)12-19-6-8-20(9-7-19)14-3-2-13(16)10-18-14;/h2-3,10,17H,4-9,11-12H2,1H3;1H. The predicted molar refractivity (Wildman–Crippen MR) is 90.7 cm³/mol. The number of halogens is 2. The quantitative estimate of drug-likeness (QED) is 0.921. The number of anilines is 1. The van der Waals surface area contributed by atoms with E-state index in [2.05, 4.69) is 27.0 Å². The normalized spacial score (nSPS) is 26.7. The summed E-state index contributed by atoms with van der Waals surface area (Å²) in [6, 6.07) is 3.93. The molecular formula is C15H24Cl2N4. The molecule has 0 spiro atoms. The molecule has 0 radical (unpaired) electrons. The summed E-state index contributed by atoms with van der Waals surface area (Å²) in [4.78, 5) is 9.36. The summed E-state index contributed by atoms with van der Waals surface area (Å²) in [5, 5.41) is 4.19. The Hall–Kier alpha value is -0.550. The van der Waals surface area contributed by atoms with Crippen molar-refractivity contribution in [3.8, 4) is 0 Å². The zero-order chi connectivity index (χ0) is 14.0. The van der Waals surface area contributed by atoms with Crippen LogP contribution in [0.1, 0.15) is 13.3 Å². The highest BCUT2D eigenvalue weighted by molar-refractivity contribution is 6.30. The Morgan fingerprint density at radius 1 is 1.29 bits per heavy atom. The largest absolute Gasteiger partial charge is 0.354 e. The van der Waals surface area contributed by atoms with E-state index in [4.69, 9.17) is 11.6 Å². The van der Waals surface area contributed by atoms with E-state index in [1.54, 1.807) is 6.20 Å². The molecule has 1 aromatic heterocycles. The first-order chi connectivity index (χ1) is 9.65. The van der Waals surface area contributed by atoms with Crippen molar-refractivity contribution in [1.29, 1.82) is 0 Å². The summed E-state index contributed by atoms with van der Waals surface area (Å²) in [5.74, 6) is 1.04. The van der Waals surface area contributed by atoms with Crippen molar-refractivity contribution in [2.75, 3.05) is 50.7 Å². The van der Waals surface area contributed by atoms with E-state index in [1.807, 2.05) is 12.1 Å². The zero-order valence-corrected chi connectivity index (χ0v) is 14.1. The number of nitrogens with zero attached hydrogens (tertiary/aromatic N) is 3. The molecule has 0 amide bonds. The van der Waals surface area contributed by atoms with Crippen molar-refractivity contribution < 1.29 is 0 Å². The number of hydrogen-bond acceptors (Lipinski definition) is 4. The Morgan fingerprint density at radius 3 is 2.62 bits per heavy atom. The highest BCUT2D eigenvalue weighted by Crippen LogP contribution is 2.26. The summed E-state index contributed by atoms with van der Waals surface area (Å²) >= 11 is 5.89. The van der Waals surface area contributed by atoms with Crippen LogP contribution < -0.4 is 10.2 Å². The fourth-order valence-electron chi connectivity index (χ4n) is 3.23. The van der Waals surface area contributed by atoms with Crippen molar-refractivity contribution in [3.05, 3.63) is 23.4 Å². The Balaban J connectivity index is 0.00000161. The van der Waals surface area contributed by atoms with Gasteiger partial charge in [0, 0.05) is 45.5 Å². The molecule has 1 N–H and O–H groups in total. The maximum atomic E-state index is 5.89. The molecule has 2 saturated heterocycles. The molecule has 0 aromatic carbocycles. The maximum Gasteiger partial charge on any atom is 0.128 e. The van der Waals surface area contributed by atoms with Crippen LogP contribution in [0.5, 0.6) is 0 Å². The van der Waals surface area contributed by atoms with Gasteiger partial charge in [0.2, 0.25) is 0 Å². The van der Waals surface area contributed by atoms with E-state index in [0.29, 0.717) is 10.4 Å². The Kier molecular flexibility index (Phi) is 5.72. The van der Waals surface area contributed by atoms with Gasteiger partial charge in [-0.05, 0) is 30.5 Å². The zero-order valence-electron chi connectivity index (χ0n) is 12.5. The first-order valence-electron chi connectivity index (χ1n) is 7.44. The molecule has 1 unspecified atom stereocenters. The van der Waals surface area contributed by atoms with Gasteiger partial charge in [-0.1, -0.05) is 18.5 Å². The van der Waals surface area contributed by atoms with E-state index < -0.39 is 0 Å². The lowest BCUT2D eigenvalue weighted by Crippen LogP contribution is -2.50. The van der Waals surface area contributed by atoms with E-state index in [-0.39, 0.29) is 12.4 Å². The monoisotopic (exact) mass is 330 g/mol. The van der Waals surface area contributed by atoms with Gasteiger partial charge in [0.05, 0.1) is 5.02 Å². The van der Waals surface area contributed by atoms with Crippen LogP contribution in [-0.2, 0) is 0 Å². The average molecular weight is 331 g/mol. The summed E-state index contributed by atoms with van der Waals surface area (Å²) in [5.41, 5.74) is 0.459. The van der Waals surface area contributed by atoms with Crippen LogP contribution in [0.25, 0.3) is 0 Å². The third-order valence-corrected chi connectivity index (χ3v) is 4.69. The van der Waals surface area contributed by atoms with Crippen LogP contribution in [0.2, 0.25) is 5.02 Å². The maximum absolute atomic E-state index is 5.89. The van der Waals surface area contributed by atoms with Crippen LogP contribution >= 0.6 is 24.0 Å². The predicted octanol–water partition coefficient (Wildman–Crippen LogP) is 2.28. The SMILES string of the molecule is CC1(CN2CCN(c3ccc(Cl)cn3)CC2)CCNC1.Cl. The second-order valence-corrected chi connectivity index (χ2v) is 6.77. The van der Waals surface area contributed by atoms with Crippen molar-refractivity contribution in [2.24, 2.45) is 5.41 Å². The topological polar surface area (TPSA) is 31.4 Å². The number of aromatic nitrogens is 1. The van der Waals surface area contributed by atoms with Gasteiger partial charge < -0.3 is 10.2 Å². The third-order valence-electron chi connectivity index (χ3n) is 4.47. The van der Waals surface area contributed by atoms with Crippen LogP contribution in [0.15, 0.2) is 18.3 Å². The van der Waals surface area contributed by atoms with Crippen LogP contribution in [0, 0.1) is 5.41 Å². The molecule has 4 nitrogen and oxygen atoms in total. The molecule has 2 aliphatic heterocycles. The van der Waals surface area contributed by atoms with Gasteiger partial charge in [-0.15, -0.1) is 12.4 Å². The molecule has 2 fully saturated rings. The fourth-order valence-corrected chi connectivity index (χ4v) is 3.35. The lowest BCUT2D eigenvalue weighted by Gasteiger charge is -2.39. The van der Waals surface area contributed by atoms with Crippen LogP contribution in [-0.4, -0.2) is 55.7 Å². The highest BCUT2D eigenvalue weighted by atomic mass is 35.5. The van der Waals surface area contributed by atoms with Crippen LogP contribution in [0.3, 0.4) is 0 Å². The fraction of sp³-hybridized carbons (Fsp3) is 0.667. The Morgan fingerprint density at radius 2 is 2.05 bits per heavy atom. The van der Waals surface area contributed by atoms with E-state index in [0.717, 1.165) is 38.5 Å². The van der Waals surface area contributed by atoms with Crippen molar-refractivity contribution in [3.63, 3.8) is 0 Å². The van der Waals surface area contributed by atoms with Crippen molar-refractivity contribution >= 4 is 29.8 Å². The summed E-state index contributed by atoms with van der Waals surface area (Å²) in [6.07, 6.45) is 3.03. The molecule has 1 aromatic rings. The third kappa shape index (κ3) is 4.22. The first kappa shape index (κ1) is 16.8. The second-order valence-electron chi connectivity index (χ2n) is 6.34. The van der Waals surface area contributed by atoms with Gasteiger partial charge in [0.15, 0.2) is 0 Å². The van der Waals surface area contributed by atoms with E-state index >= 15 is 0 Å². The van der Waals surface area contributed by atoms with Gasteiger partial charge in [0.1, 0.15) is 5.82 Å². The molecular weight excluding hydrogens is 307 g/mol. The molecule has 0 aliphatic carbocycles. The first-order valence-corrected chi connectivity index (χ1v) is 7.82. The lowest BCUT2D eigenvalue weighted by molar-refractivity contribution is 0.169. The van der Waals surface area contributed by atoms with Gasteiger partial charge in [0.25, 0.3) is 0 Å². The minimum absolute atomic E-state index is 0. The molecule has 6 heteroatoms. The molecule has 3 rings (SSSR count). The van der Waals surface area contributed by atoms with Crippen LogP contribution in [0.4, 0.5) is 5.82 Å². The molecule has 1 atom stereocenters. The smallest absolute Gasteiger partial charge is 0.128 e. The van der Waals surface area contributed by atoms with Gasteiger partial charge in [-0.25, -0.2) is 4.98 Å². The number of piperazine rings is 1. The van der Waals surface area contributed by atoms with Gasteiger partial charge in [-0.3, -0.25) is 4.90 Å². The summed E-state index contributed by atoms with van der Waals surface area (Å²) in [7, 11) is 0. The highest BCUT2D eigenvalue weighted by Gasteiger charge is 2.31. The second kappa shape index (κ2) is 7.14. The number of rotatable bonds is 3. The van der Waals surface area contributed by atoms with Crippen molar-refractivity contribution in [2.45, 2.75) is 13.3 Å². The molecule has 2 aliphatic rings. The lowest BCUT2D eigenvalue weighted by atomic mass is 9.89.